The van der Waals surface area contributed by atoms with Gasteiger partial charge < -0.3 is 14.5 Å². The molecule has 0 amide bonds. The van der Waals surface area contributed by atoms with Gasteiger partial charge in [-0.1, -0.05) is 88.0 Å². The summed E-state index contributed by atoms with van der Waals surface area (Å²) in [6.45, 7) is 21.2. The predicted octanol–water partition coefficient (Wildman–Crippen LogP) is 9.21. The normalized spacial score (nSPS) is 10.7. The molecule has 0 aliphatic carbocycles. The first-order chi connectivity index (χ1) is 19.1. The van der Waals surface area contributed by atoms with E-state index in [1.165, 1.54) is 33.6 Å². The number of anilines is 2. The fraction of sp³-hybridized carbons (Fsp3) is 0.342. The maximum atomic E-state index is 5.84. The summed E-state index contributed by atoms with van der Waals surface area (Å²) in [7, 11) is 9.85. The molecule has 222 valence electrons. The second kappa shape index (κ2) is 16.2. The molecule has 0 N–H and O–H groups in total. The predicted molar refractivity (Wildman–Crippen MR) is 181 cm³/mol. The summed E-state index contributed by atoms with van der Waals surface area (Å²) in [6.07, 6.45) is 0. The third-order valence-electron chi connectivity index (χ3n) is 7.25. The second-order valence-corrected chi connectivity index (χ2v) is 12.5. The zero-order valence-electron chi connectivity index (χ0n) is 27.9. The minimum atomic E-state index is -0.0686. The molecule has 0 radical (unpaired) electrons. The minimum absolute atomic E-state index is 0. The molecule has 0 spiro atoms. The molecule has 0 bridgehead atoms. The Balaban J connectivity index is 0.000000351. The van der Waals surface area contributed by atoms with Crippen molar-refractivity contribution in [2.75, 3.05) is 45.1 Å². The Morgan fingerprint density at radius 3 is 1.40 bits per heavy atom. The number of hydrogen-bond acceptors (Lipinski definition) is 3. The van der Waals surface area contributed by atoms with Crippen molar-refractivity contribution in [1.29, 1.82) is 0 Å². The van der Waals surface area contributed by atoms with Crippen molar-refractivity contribution in [3.8, 4) is 5.75 Å². The van der Waals surface area contributed by atoms with Gasteiger partial charge in [-0.25, -0.2) is 12.1 Å². The molecular weight excluding hydrogens is 589 g/mol. The van der Waals surface area contributed by atoms with Crippen LogP contribution in [0.5, 0.6) is 5.75 Å². The molecule has 42 heavy (non-hydrogen) atoms. The van der Waals surface area contributed by atoms with Crippen molar-refractivity contribution in [2.45, 2.75) is 52.4 Å². The van der Waals surface area contributed by atoms with Crippen molar-refractivity contribution in [1.82, 2.24) is 0 Å². The Morgan fingerprint density at radius 2 is 1.07 bits per heavy atom. The van der Waals surface area contributed by atoms with Gasteiger partial charge in [0.15, 0.2) is 0 Å². The summed E-state index contributed by atoms with van der Waals surface area (Å²) in [5.74, 6) is 1.03. The van der Waals surface area contributed by atoms with Crippen molar-refractivity contribution in [3.63, 3.8) is 0 Å². The minimum Gasteiger partial charge on any atom is -0.496 e. The molecule has 0 aliphatic heterocycles. The number of aryl methyl sites for hydroxylation is 1. The average Bonchev–Trinajstić information content (AvgIpc) is 3.45. The van der Waals surface area contributed by atoms with Crippen molar-refractivity contribution in [3.05, 3.63) is 132 Å². The topological polar surface area (TPSA) is 15.7 Å². The van der Waals surface area contributed by atoms with Crippen LogP contribution in [0.4, 0.5) is 11.4 Å². The van der Waals surface area contributed by atoms with Gasteiger partial charge in [-0.05, 0) is 57.1 Å². The molecule has 0 saturated heterocycles. The van der Waals surface area contributed by atoms with Crippen LogP contribution in [0.2, 0.25) is 0 Å². The summed E-state index contributed by atoms with van der Waals surface area (Å²) < 4.78 is 5.84. The molecule has 0 heterocycles. The molecule has 0 aliphatic rings. The molecular formula is C38H51N2OY. The monoisotopic (exact) mass is 640 g/mol. The maximum Gasteiger partial charge on any atom is 3.00 e. The van der Waals surface area contributed by atoms with E-state index in [4.69, 9.17) is 4.74 Å². The molecule has 0 fully saturated rings. The van der Waals surface area contributed by atoms with Gasteiger partial charge in [-0.2, -0.15) is 49.2 Å². The fourth-order valence-electron chi connectivity index (χ4n) is 4.85. The second-order valence-electron chi connectivity index (χ2n) is 12.5. The number of benzene rings is 3. The number of methoxy groups -OCH3 is 1. The summed E-state index contributed by atoms with van der Waals surface area (Å²) in [6, 6.07) is 29.3. The van der Waals surface area contributed by atoms with Crippen LogP contribution in [0.3, 0.4) is 0 Å². The summed E-state index contributed by atoms with van der Waals surface area (Å²) in [5.41, 5.74) is 9.67. The van der Waals surface area contributed by atoms with Gasteiger partial charge in [0.05, 0.1) is 7.11 Å². The average molecular weight is 641 g/mol. The van der Waals surface area contributed by atoms with Crippen LogP contribution < -0.4 is 14.5 Å². The molecule has 3 nitrogen and oxygen atoms in total. The van der Waals surface area contributed by atoms with Crippen molar-refractivity contribution in [2.24, 2.45) is 0 Å². The fourth-order valence-corrected chi connectivity index (χ4v) is 4.85. The standard InChI is InChI=1S/C20H27O.2C9H12N.Y/c1-14-12-16(19(2,3)4)18(21-7)17(13-14)20(5,6)15-10-8-9-11-15;2*1-8-6-4-5-7-9(8)10(2)3;/h8-13H,1-7H3;2*4-7H,1H2,2-3H3;/q3*-1;+3. The van der Waals surface area contributed by atoms with Gasteiger partial charge in [0.1, 0.15) is 5.75 Å². The van der Waals surface area contributed by atoms with E-state index >= 15 is 0 Å². The van der Waals surface area contributed by atoms with E-state index in [1.807, 2.05) is 64.6 Å². The first kappa shape index (κ1) is 37.3. The molecule has 4 rings (SSSR count). The van der Waals surface area contributed by atoms with Crippen LogP contribution in [0.15, 0.2) is 84.9 Å². The smallest absolute Gasteiger partial charge is 0.496 e. The Morgan fingerprint density at radius 1 is 0.667 bits per heavy atom. The molecule has 0 atom stereocenters. The van der Waals surface area contributed by atoms with Gasteiger partial charge in [0.2, 0.25) is 0 Å². The zero-order valence-corrected chi connectivity index (χ0v) is 30.7. The SMILES string of the molecule is COc1c(C(C)(C)C)cc(C)cc1C(C)(C)[c-]1cccc1.[CH2-]c1ccccc1N(C)C.[CH2-]c1ccccc1N(C)C.[Y+3]. The summed E-state index contributed by atoms with van der Waals surface area (Å²) in [4.78, 5) is 4.12. The van der Waals surface area contributed by atoms with Crippen LogP contribution >= 0.6 is 0 Å². The Hall–Kier alpha value is -2.75. The first-order valence-electron chi connectivity index (χ1n) is 14.2. The van der Waals surface area contributed by atoms with Gasteiger partial charge in [-0.3, -0.25) is 0 Å². The van der Waals surface area contributed by atoms with Crippen LogP contribution in [-0.2, 0) is 43.5 Å². The third-order valence-corrected chi connectivity index (χ3v) is 7.25. The van der Waals surface area contributed by atoms with E-state index in [1.54, 1.807) is 7.11 Å². The molecule has 0 unspecified atom stereocenters. The number of rotatable bonds is 5. The van der Waals surface area contributed by atoms with Crippen molar-refractivity contribution >= 4 is 11.4 Å². The number of ether oxygens (including phenoxy) is 1. The zero-order chi connectivity index (χ0) is 31.0. The Bertz CT molecular complexity index is 1310. The molecule has 0 saturated carbocycles. The van der Waals surface area contributed by atoms with Gasteiger partial charge >= 0.3 is 32.7 Å². The van der Waals surface area contributed by atoms with E-state index in [9.17, 15) is 0 Å². The van der Waals surface area contributed by atoms with Gasteiger partial charge in [-0.15, -0.1) is 17.7 Å². The van der Waals surface area contributed by atoms with Crippen LogP contribution in [-0.4, -0.2) is 35.3 Å². The third kappa shape index (κ3) is 9.92. The van der Waals surface area contributed by atoms with Crippen LogP contribution in [0.25, 0.3) is 0 Å². The molecule has 4 aromatic carbocycles. The quantitative estimate of drug-likeness (QED) is 0.202. The van der Waals surface area contributed by atoms with E-state index in [-0.39, 0.29) is 43.5 Å². The number of nitrogens with zero attached hydrogens (tertiary/aromatic N) is 2. The van der Waals surface area contributed by atoms with E-state index in [0.29, 0.717) is 0 Å². The van der Waals surface area contributed by atoms with Crippen molar-refractivity contribution < 1.29 is 37.4 Å². The first-order valence-corrected chi connectivity index (χ1v) is 14.2. The van der Waals surface area contributed by atoms with E-state index in [0.717, 1.165) is 16.9 Å². The number of hydrogen-bond donors (Lipinski definition) is 0. The molecule has 0 aromatic heterocycles. The largest absolute Gasteiger partial charge is 3.00 e. The Kier molecular flexibility index (Phi) is 14.4. The summed E-state index contributed by atoms with van der Waals surface area (Å²) >= 11 is 0. The number of para-hydroxylation sites is 2. The van der Waals surface area contributed by atoms with E-state index in [2.05, 4.69) is 114 Å². The van der Waals surface area contributed by atoms with Gasteiger partial charge in [0.25, 0.3) is 0 Å². The van der Waals surface area contributed by atoms with E-state index < -0.39 is 0 Å². The summed E-state index contributed by atoms with van der Waals surface area (Å²) in [5, 5.41) is 0. The van der Waals surface area contributed by atoms with Crippen LogP contribution in [0.1, 0.15) is 68.0 Å². The Labute approximate surface area is 282 Å². The molecule has 4 heteroatoms. The maximum absolute atomic E-state index is 5.84. The molecule has 4 aromatic rings. The van der Waals surface area contributed by atoms with Crippen LogP contribution in [0, 0.1) is 20.8 Å². The van der Waals surface area contributed by atoms with Gasteiger partial charge in [0, 0.05) is 0 Å².